The zero-order valence-electron chi connectivity index (χ0n) is 15.6. The summed E-state index contributed by atoms with van der Waals surface area (Å²) in [7, 11) is 0. The van der Waals surface area contributed by atoms with Crippen LogP contribution in [0.5, 0.6) is 0 Å². The fraction of sp³-hybridized carbons (Fsp3) is 0.0769. The Hall–Kier alpha value is -2.43. The van der Waals surface area contributed by atoms with E-state index in [1.54, 1.807) is 0 Å². The molecule has 0 radical (unpaired) electrons. The Morgan fingerprint density at radius 3 is 1.32 bits per heavy atom. The lowest BCUT2D eigenvalue weighted by molar-refractivity contribution is 0.471. The summed E-state index contributed by atoms with van der Waals surface area (Å²) in [5, 5.41) is 3.92. The number of halogens is 1. The van der Waals surface area contributed by atoms with E-state index in [9.17, 15) is 0 Å². The molecule has 0 aliphatic carbocycles. The molecule has 0 bridgehead atoms. The van der Waals surface area contributed by atoms with Gasteiger partial charge in [0.05, 0.1) is 5.54 Å². The normalized spacial score (nSPS) is 11.3. The van der Waals surface area contributed by atoms with Crippen LogP contribution < -0.4 is 5.32 Å². The van der Waals surface area contributed by atoms with E-state index in [2.05, 4.69) is 143 Å². The van der Waals surface area contributed by atoms with Crippen LogP contribution in [0.4, 0.5) is 0 Å². The van der Waals surface area contributed by atoms with Crippen LogP contribution in [-0.4, -0.2) is 0 Å². The van der Waals surface area contributed by atoms with Gasteiger partial charge >= 0.3 is 0 Å². The first-order valence-electron chi connectivity index (χ1n) is 9.45. The molecule has 138 valence electrons. The van der Waals surface area contributed by atoms with Crippen LogP contribution >= 0.6 is 22.6 Å². The number of hydrogen-bond donors (Lipinski definition) is 1. The van der Waals surface area contributed by atoms with Crippen molar-refractivity contribution >= 4 is 22.6 Å². The van der Waals surface area contributed by atoms with Gasteiger partial charge in [0.2, 0.25) is 0 Å². The second-order valence-electron chi connectivity index (χ2n) is 6.83. The minimum atomic E-state index is -0.424. The molecule has 4 aromatic rings. The van der Waals surface area contributed by atoms with Gasteiger partial charge in [0.15, 0.2) is 0 Å². The molecule has 0 saturated heterocycles. The van der Waals surface area contributed by atoms with Gasteiger partial charge in [-0.2, -0.15) is 0 Å². The van der Waals surface area contributed by atoms with Gasteiger partial charge in [0.1, 0.15) is 0 Å². The van der Waals surface area contributed by atoms with Crippen LogP contribution in [0.1, 0.15) is 22.3 Å². The SMILES string of the molecule is Ic1ccc(CNC(c2ccccc2)(c2ccccc2)c2ccccc2)cc1. The molecule has 0 saturated carbocycles. The molecule has 28 heavy (non-hydrogen) atoms. The van der Waals surface area contributed by atoms with Gasteiger partial charge in [-0.15, -0.1) is 0 Å². The van der Waals surface area contributed by atoms with Crippen molar-refractivity contribution in [1.82, 2.24) is 5.32 Å². The largest absolute Gasteiger partial charge is 0.296 e. The lowest BCUT2D eigenvalue weighted by atomic mass is 9.77. The smallest absolute Gasteiger partial charge is 0.0950 e. The van der Waals surface area contributed by atoms with Crippen LogP contribution in [0.2, 0.25) is 0 Å². The first-order valence-corrected chi connectivity index (χ1v) is 10.5. The average Bonchev–Trinajstić information content (AvgIpc) is 2.78. The molecule has 0 aliphatic heterocycles. The molecule has 0 unspecified atom stereocenters. The van der Waals surface area contributed by atoms with E-state index in [0.29, 0.717) is 0 Å². The Kier molecular flexibility index (Phi) is 5.89. The first-order chi connectivity index (χ1) is 13.8. The summed E-state index contributed by atoms with van der Waals surface area (Å²) >= 11 is 2.35. The van der Waals surface area contributed by atoms with Crippen molar-refractivity contribution in [1.29, 1.82) is 0 Å². The molecule has 2 heteroatoms. The molecule has 0 amide bonds. The maximum Gasteiger partial charge on any atom is 0.0950 e. The molecule has 0 fully saturated rings. The zero-order chi connectivity index (χ0) is 19.2. The third kappa shape index (κ3) is 3.89. The molecule has 0 aromatic heterocycles. The maximum absolute atomic E-state index is 3.92. The fourth-order valence-corrected chi connectivity index (χ4v) is 4.07. The van der Waals surface area contributed by atoms with E-state index < -0.39 is 5.54 Å². The third-order valence-electron chi connectivity index (χ3n) is 5.09. The van der Waals surface area contributed by atoms with Crippen molar-refractivity contribution in [2.75, 3.05) is 0 Å². The number of nitrogens with one attached hydrogen (secondary N) is 1. The van der Waals surface area contributed by atoms with Crippen LogP contribution in [0, 0.1) is 3.57 Å². The summed E-state index contributed by atoms with van der Waals surface area (Å²) in [5.74, 6) is 0. The lowest BCUT2D eigenvalue weighted by Gasteiger charge is -2.37. The van der Waals surface area contributed by atoms with Gasteiger partial charge in [-0.3, -0.25) is 5.32 Å². The van der Waals surface area contributed by atoms with E-state index in [-0.39, 0.29) is 0 Å². The number of hydrogen-bond acceptors (Lipinski definition) is 1. The van der Waals surface area contributed by atoms with Gasteiger partial charge in [0.25, 0.3) is 0 Å². The number of rotatable bonds is 6. The molecule has 1 N–H and O–H groups in total. The fourth-order valence-electron chi connectivity index (χ4n) is 3.71. The molecule has 0 spiro atoms. The van der Waals surface area contributed by atoms with Crippen LogP contribution in [-0.2, 0) is 12.1 Å². The van der Waals surface area contributed by atoms with Gasteiger partial charge in [-0.05, 0) is 57.0 Å². The molecule has 0 atom stereocenters. The van der Waals surface area contributed by atoms with E-state index in [4.69, 9.17) is 0 Å². The highest BCUT2D eigenvalue weighted by Gasteiger charge is 2.35. The van der Waals surface area contributed by atoms with Gasteiger partial charge < -0.3 is 0 Å². The minimum absolute atomic E-state index is 0.424. The molecule has 1 nitrogen and oxygen atoms in total. The molecule has 0 aliphatic rings. The van der Waals surface area contributed by atoms with Crippen molar-refractivity contribution in [2.45, 2.75) is 12.1 Å². The van der Waals surface area contributed by atoms with Gasteiger partial charge in [0, 0.05) is 10.1 Å². The predicted octanol–water partition coefficient (Wildman–Crippen LogP) is 6.37. The van der Waals surface area contributed by atoms with Crippen molar-refractivity contribution in [3.63, 3.8) is 0 Å². The summed E-state index contributed by atoms with van der Waals surface area (Å²) in [6.45, 7) is 0.773. The first kappa shape index (κ1) is 18.9. The highest BCUT2D eigenvalue weighted by molar-refractivity contribution is 14.1. The van der Waals surface area contributed by atoms with Crippen molar-refractivity contribution in [2.24, 2.45) is 0 Å². The Bertz CT molecular complexity index is 900. The summed E-state index contributed by atoms with van der Waals surface area (Å²) in [5.41, 5.74) is 4.55. The summed E-state index contributed by atoms with van der Waals surface area (Å²) in [4.78, 5) is 0. The molecule has 0 heterocycles. The van der Waals surface area contributed by atoms with Gasteiger partial charge in [-0.25, -0.2) is 0 Å². The summed E-state index contributed by atoms with van der Waals surface area (Å²) in [6.07, 6.45) is 0. The highest BCUT2D eigenvalue weighted by atomic mass is 127. The predicted molar refractivity (Wildman–Crippen MR) is 125 cm³/mol. The lowest BCUT2D eigenvalue weighted by Crippen LogP contribution is -2.44. The quantitative estimate of drug-likeness (QED) is 0.252. The molecule has 4 aromatic carbocycles. The summed E-state index contributed by atoms with van der Waals surface area (Å²) < 4.78 is 1.25. The second-order valence-corrected chi connectivity index (χ2v) is 8.07. The maximum atomic E-state index is 3.92. The molecule has 4 rings (SSSR count). The zero-order valence-corrected chi connectivity index (χ0v) is 17.7. The number of benzene rings is 4. The van der Waals surface area contributed by atoms with Crippen molar-refractivity contribution < 1.29 is 0 Å². The van der Waals surface area contributed by atoms with E-state index in [0.717, 1.165) is 6.54 Å². The Balaban J connectivity index is 1.86. The topological polar surface area (TPSA) is 12.0 Å². The average molecular weight is 475 g/mol. The van der Waals surface area contributed by atoms with E-state index in [1.165, 1.54) is 25.8 Å². The Labute approximate surface area is 180 Å². The van der Waals surface area contributed by atoms with Gasteiger partial charge in [-0.1, -0.05) is 103 Å². The Morgan fingerprint density at radius 1 is 0.536 bits per heavy atom. The van der Waals surface area contributed by atoms with E-state index in [1.807, 2.05) is 0 Å². The van der Waals surface area contributed by atoms with Crippen molar-refractivity contribution in [3.8, 4) is 0 Å². The molecular formula is C26H22IN. The summed E-state index contributed by atoms with van der Waals surface area (Å²) in [6, 6.07) is 40.9. The monoisotopic (exact) mass is 475 g/mol. The minimum Gasteiger partial charge on any atom is -0.296 e. The highest BCUT2D eigenvalue weighted by Crippen LogP contribution is 2.37. The molecular weight excluding hydrogens is 453 g/mol. The third-order valence-corrected chi connectivity index (χ3v) is 5.81. The van der Waals surface area contributed by atoms with Crippen molar-refractivity contribution in [3.05, 3.63) is 141 Å². The standard InChI is InChI=1S/C26H22IN/c27-25-18-16-21(17-19-25)20-28-26(22-10-4-1-5-11-22,23-12-6-2-7-13-23)24-14-8-3-9-15-24/h1-19,28H,20H2. The van der Waals surface area contributed by atoms with Crippen LogP contribution in [0.25, 0.3) is 0 Å². The Morgan fingerprint density at radius 2 is 0.929 bits per heavy atom. The van der Waals surface area contributed by atoms with E-state index >= 15 is 0 Å². The second kappa shape index (κ2) is 8.72. The van der Waals surface area contributed by atoms with Crippen LogP contribution in [0.3, 0.4) is 0 Å². The van der Waals surface area contributed by atoms with Crippen LogP contribution in [0.15, 0.2) is 115 Å².